The van der Waals surface area contributed by atoms with Gasteiger partial charge in [0.2, 0.25) is 5.75 Å². The fraction of sp³-hybridized carbons (Fsp3) is 0.444. The maximum atomic E-state index is 12.3. The van der Waals surface area contributed by atoms with Gasteiger partial charge in [-0.15, -0.1) is 0 Å². The molecular weight excluding hydrogens is 336 g/mol. The van der Waals surface area contributed by atoms with Crippen LogP contribution in [0.1, 0.15) is 36.8 Å². The number of carbonyl (C=O) groups is 1. The number of hydrogen-bond acceptors (Lipinski definition) is 5. The molecule has 1 aromatic carbocycles. The van der Waals surface area contributed by atoms with Crippen LogP contribution in [0.3, 0.4) is 0 Å². The Hall–Kier alpha value is -2.90. The molecule has 2 rings (SSSR count). The van der Waals surface area contributed by atoms with Crippen molar-refractivity contribution in [3.63, 3.8) is 0 Å². The second kappa shape index (κ2) is 7.99. The number of nitrogens with one attached hydrogen (secondary N) is 2. The number of ether oxygens (including phenoxy) is 2. The molecule has 0 fully saturated rings. The molecule has 2 amide bonds. The Labute approximate surface area is 153 Å². The van der Waals surface area contributed by atoms with E-state index >= 15 is 0 Å². The summed E-state index contributed by atoms with van der Waals surface area (Å²) in [7, 11) is 2.91. The van der Waals surface area contributed by atoms with Crippen molar-refractivity contribution in [3.8, 4) is 17.2 Å². The van der Waals surface area contributed by atoms with E-state index in [1.165, 1.54) is 14.2 Å². The fourth-order valence-corrected chi connectivity index (χ4v) is 2.74. The lowest BCUT2D eigenvalue weighted by atomic mass is 10.2. The first-order valence-electron chi connectivity index (χ1n) is 8.32. The molecule has 26 heavy (non-hydrogen) atoms. The van der Waals surface area contributed by atoms with Gasteiger partial charge in [-0.25, -0.2) is 4.79 Å². The van der Waals surface area contributed by atoms with E-state index in [1.807, 2.05) is 32.4 Å². The summed E-state index contributed by atoms with van der Waals surface area (Å²) in [5, 5.41) is 20.0. The number of benzene rings is 1. The summed E-state index contributed by atoms with van der Waals surface area (Å²) >= 11 is 0. The number of nitrogens with zero attached hydrogens (tertiary/aromatic N) is 2. The van der Waals surface area contributed by atoms with E-state index < -0.39 is 0 Å². The molecule has 8 nitrogen and oxygen atoms in total. The molecule has 0 bridgehead atoms. The maximum Gasteiger partial charge on any atom is 0.319 e. The third-order valence-corrected chi connectivity index (χ3v) is 4.05. The average Bonchev–Trinajstić information content (AvgIpc) is 2.89. The van der Waals surface area contributed by atoms with Crippen molar-refractivity contribution >= 4 is 11.7 Å². The number of phenols is 1. The van der Waals surface area contributed by atoms with Crippen LogP contribution in [0.25, 0.3) is 0 Å². The molecule has 0 aliphatic heterocycles. The number of phenolic OH excluding ortho intramolecular Hbond substituents is 1. The van der Waals surface area contributed by atoms with Gasteiger partial charge in [-0.2, -0.15) is 5.10 Å². The molecule has 0 radical (unpaired) electrons. The SMILES string of the molecule is COc1cc(CNC(=O)Nc2c(C)nn(C(C)C)c2C)cc(OC)c1O. The first-order valence-corrected chi connectivity index (χ1v) is 8.32. The van der Waals surface area contributed by atoms with E-state index in [4.69, 9.17) is 9.47 Å². The van der Waals surface area contributed by atoms with Crippen molar-refractivity contribution in [1.29, 1.82) is 0 Å². The van der Waals surface area contributed by atoms with Crippen molar-refractivity contribution in [3.05, 3.63) is 29.1 Å². The Bertz CT molecular complexity index is 774. The van der Waals surface area contributed by atoms with Gasteiger partial charge in [0.1, 0.15) is 0 Å². The largest absolute Gasteiger partial charge is 0.502 e. The van der Waals surface area contributed by atoms with Gasteiger partial charge in [-0.1, -0.05) is 0 Å². The number of urea groups is 1. The first-order chi connectivity index (χ1) is 12.3. The lowest BCUT2D eigenvalue weighted by Crippen LogP contribution is -2.28. The van der Waals surface area contributed by atoms with E-state index in [1.54, 1.807) is 12.1 Å². The molecule has 1 aromatic heterocycles. The van der Waals surface area contributed by atoms with Gasteiger partial charge in [-0.3, -0.25) is 4.68 Å². The minimum atomic E-state index is -0.342. The summed E-state index contributed by atoms with van der Waals surface area (Å²) in [6.07, 6.45) is 0. The lowest BCUT2D eigenvalue weighted by Gasteiger charge is -2.13. The highest BCUT2D eigenvalue weighted by molar-refractivity contribution is 5.90. The first kappa shape index (κ1) is 19.4. The minimum Gasteiger partial charge on any atom is -0.502 e. The number of amides is 2. The Morgan fingerprint density at radius 3 is 2.27 bits per heavy atom. The molecule has 0 saturated carbocycles. The molecule has 3 N–H and O–H groups in total. The zero-order chi connectivity index (χ0) is 19.4. The van der Waals surface area contributed by atoms with Crippen LogP contribution in [0.4, 0.5) is 10.5 Å². The van der Waals surface area contributed by atoms with Gasteiger partial charge in [0.15, 0.2) is 11.5 Å². The van der Waals surface area contributed by atoms with Crippen LogP contribution in [0.5, 0.6) is 17.2 Å². The van der Waals surface area contributed by atoms with E-state index in [2.05, 4.69) is 15.7 Å². The predicted octanol–water partition coefficient (Wildman–Crippen LogP) is 3.13. The summed E-state index contributed by atoms with van der Waals surface area (Å²) in [6.45, 7) is 8.10. The van der Waals surface area contributed by atoms with E-state index in [-0.39, 0.29) is 35.9 Å². The number of carbonyl (C=O) groups excluding carboxylic acids is 1. The van der Waals surface area contributed by atoms with Crippen LogP contribution >= 0.6 is 0 Å². The number of rotatable bonds is 6. The topological polar surface area (TPSA) is 97.6 Å². The highest BCUT2D eigenvalue weighted by Gasteiger charge is 2.16. The molecule has 0 aliphatic rings. The Kier molecular flexibility index (Phi) is 5.97. The second-order valence-electron chi connectivity index (χ2n) is 6.24. The van der Waals surface area contributed by atoms with Gasteiger partial charge in [-0.05, 0) is 45.4 Å². The van der Waals surface area contributed by atoms with Gasteiger partial charge < -0.3 is 25.2 Å². The number of methoxy groups -OCH3 is 2. The maximum absolute atomic E-state index is 12.3. The van der Waals surface area contributed by atoms with Crippen LogP contribution in [0.15, 0.2) is 12.1 Å². The van der Waals surface area contributed by atoms with Gasteiger partial charge in [0.25, 0.3) is 0 Å². The second-order valence-corrected chi connectivity index (χ2v) is 6.24. The molecule has 0 unspecified atom stereocenters. The molecule has 142 valence electrons. The monoisotopic (exact) mass is 362 g/mol. The molecule has 8 heteroatoms. The zero-order valence-electron chi connectivity index (χ0n) is 16.0. The smallest absolute Gasteiger partial charge is 0.319 e. The van der Waals surface area contributed by atoms with Gasteiger partial charge >= 0.3 is 6.03 Å². The molecule has 0 atom stereocenters. The number of anilines is 1. The van der Waals surface area contributed by atoms with Gasteiger partial charge in [0, 0.05) is 12.6 Å². The van der Waals surface area contributed by atoms with Crippen molar-refractivity contribution in [1.82, 2.24) is 15.1 Å². The molecule has 2 aromatic rings. The molecule has 1 heterocycles. The fourth-order valence-electron chi connectivity index (χ4n) is 2.74. The van der Waals surface area contributed by atoms with Crippen LogP contribution in [0.2, 0.25) is 0 Å². The summed E-state index contributed by atoms with van der Waals surface area (Å²) in [6, 6.07) is 3.16. The van der Waals surface area contributed by atoms with Gasteiger partial charge in [0.05, 0.1) is 31.3 Å². The molecule has 0 spiro atoms. The Morgan fingerprint density at radius 2 is 1.81 bits per heavy atom. The summed E-state index contributed by atoms with van der Waals surface area (Å²) < 4.78 is 12.1. The third-order valence-electron chi connectivity index (χ3n) is 4.05. The molecule has 0 aliphatic carbocycles. The third kappa shape index (κ3) is 4.01. The lowest BCUT2D eigenvalue weighted by molar-refractivity contribution is 0.251. The van der Waals surface area contributed by atoms with Crippen LogP contribution in [0, 0.1) is 13.8 Å². The van der Waals surface area contributed by atoms with Crippen molar-refractivity contribution in [2.45, 2.75) is 40.3 Å². The van der Waals surface area contributed by atoms with Crippen molar-refractivity contribution in [2.24, 2.45) is 0 Å². The molecule has 0 saturated heterocycles. The van der Waals surface area contributed by atoms with Crippen molar-refractivity contribution < 1.29 is 19.4 Å². The van der Waals surface area contributed by atoms with E-state index in [0.29, 0.717) is 5.69 Å². The highest BCUT2D eigenvalue weighted by atomic mass is 16.5. The standard InChI is InChI=1S/C18H26N4O4/c1-10(2)22-12(4)16(11(3)21-22)20-18(24)19-9-13-7-14(25-5)17(23)15(8-13)26-6/h7-8,10,23H,9H2,1-6H3,(H2,19,20,24). The number of aryl methyl sites for hydroxylation is 1. The normalized spacial score (nSPS) is 10.7. The number of aromatic nitrogens is 2. The average molecular weight is 362 g/mol. The van der Waals surface area contributed by atoms with Crippen molar-refractivity contribution in [2.75, 3.05) is 19.5 Å². The van der Waals surface area contributed by atoms with Crippen LogP contribution in [-0.4, -0.2) is 35.1 Å². The predicted molar refractivity (Wildman–Crippen MR) is 99.2 cm³/mol. The van der Waals surface area contributed by atoms with Crippen LogP contribution in [-0.2, 0) is 6.54 Å². The number of hydrogen-bond donors (Lipinski definition) is 3. The Balaban J connectivity index is 2.08. The van der Waals surface area contributed by atoms with Crippen LogP contribution < -0.4 is 20.1 Å². The minimum absolute atomic E-state index is 0.0736. The summed E-state index contributed by atoms with van der Waals surface area (Å²) in [5.74, 6) is 0.494. The number of aromatic hydroxyl groups is 1. The zero-order valence-corrected chi connectivity index (χ0v) is 16.0. The summed E-state index contributed by atoms with van der Waals surface area (Å²) in [5.41, 5.74) is 3.11. The molecular formula is C18H26N4O4. The quantitative estimate of drug-likeness (QED) is 0.733. The Morgan fingerprint density at radius 1 is 1.23 bits per heavy atom. The van der Waals surface area contributed by atoms with E-state index in [0.717, 1.165) is 17.0 Å². The highest BCUT2D eigenvalue weighted by Crippen LogP contribution is 2.37. The summed E-state index contributed by atoms with van der Waals surface area (Å²) in [4.78, 5) is 12.3. The van der Waals surface area contributed by atoms with E-state index in [9.17, 15) is 9.90 Å².